The Balaban J connectivity index is 0.000000292. The van der Waals surface area contributed by atoms with E-state index >= 15 is 0 Å². The van der Waals surface area contributed by atoms with Crippen LogP contribution in [0.5, 0.6) is 0 Å². The molecule has 14 heavy (non-hydrogen) atoms. The fraction of sp³-hybridized carbons (Fsp3) is 0.462. The molecule has 0 aliphatic heterocycles. The van der Waals surface area contributed by atoms with Gasteiger partial charge in [0, 0.05) is 6.42 Å². The van der Waals surface area contributed by atoms with Gasteiger partial charge in [0.15, 0.2) is 0 Å². The lowest BCUT2D eigenvalue weighted by Crippen LogP contribution is -1.80. The molecule has 0 aliphatic carbocycles. The Bertz CT molecular complexity index is 276. The normalized spacial score (nSPS) is 8.86. The van der Waals surface area contributed by atoms with E-state index in [-0.39, 0.29) is 5.78 Å². The van der Waals surface area contributed by atoms with Gasteiger partial charge in [-0.15, -0.1) is 0 Å². The average molecular weight is 192 g/mol. The molecule has 0 atom stereocenters. The van der Waals surface area contributed by atoms with Crippen molar-refractivity contribution in [3.05, 3.63) is 35.4 Å². The predicted molar refractivity (Wildman–Crippen MR) is 61.5 cm³/mol. The van der Waals surface area contributed by atoms with Crippen molar-refractivity contribution in [1.82, 2.24) is 0 Å². The summed E-state index contributed by atoms with van der Waals surface area (Å²) in [6.07, 6.45) is 1.81. The van der Waals surface area contributed by atoms with Crippen LogP contribution in [-0.4, -0.2) is 5.78 Å². The first-order valence-electron chi connectivity index (χ1n) is 5.15. The summed E-state index contributed by atoms with van der Waals surface area (Å²) < 4.78 is 0. The van der Waals surface area contributed by atoms with Gasteiger partial charge in [-0.05, 0) is 25.8 Å². The predicted octanol–water partition coefficient (Wildman–Crippen LogP) is 3.54. The van der Waals surface area contributed by atoms with E-state index < -0.39 is 0 Å². The molecule has 1 aromatic carbocycles. The summed E-state index contributed by atoms with van der Waals surface area (Å²) in [5.74, 6) is 0.255. The van der Waals surface area contributed by atoms with Crippen molar-refractivity contribution < 1.29 is 4.79 Å². The third kappa shape index (κ3) is 6.41. The van der Waals surface area contributed by atoms with Crippen LogP contribution in [0.25, 0.3) is 0 Å². The molecule has 1 aromatic rings. The summed E-state index contributed by atoms with van der Waals surface area (Å²) in [6, 6.07) is 8.61. The minimum absolute atomic E-state index is 0.255. The molecule has 1 heteroatoms. The maximum atomic E-state index is 9.81. The van der Waals surface area contributed by atoms with Gasteiger partial charge in [-0.3, -0.25) is 0 Å². The number of Topliss-reactive ketones (excluding diaryl/α,β-unsaturated/α-hetero) is 1. The summed E-state index contributed by atoms with van der Waals surface area (Å²) in [6.45, 7) is 7.73. The topological polar surface area (TPSA) is 17.1 Å². The summed E-state index contributed by atoms with van der Waals surface area (Å²) in [5, 5.41) is 0. The Kier molecular flexibility index (Phi) is 6.73. The van der Waals surface area contributed by atoms with Crippen LogP contribution in [0.15, 0.2) is 24.3 Å². The van der Waals surface area contributed by atoms with Gasteiger partial charge >= 0.3 is 0 Å². The summed E-state index contributed by atoms with van der Waals surface area (Å²) in [7, 11) is 0. The van der Waals surface area contributed by atoms with Crippen molar-refractivity contribution in [3.8, 4) is 0 Å². The zero-order valence-corrected chi connectivity index (χ0v) is 9.63. The van der Waals surface area contributed by atoms with Gasteiger partial charge < -0.3 is 4.79 Å². The highest BCUT2D eigenvalue weighted by molar-refractivity contribution is 5.74. The van der Waals surface area contributed by atoms with Crippen molar-refractivity contribution >= 4 is 5.78 Å². The molecule has 0 fully saturated rings. The fourth-order valence-electron chi connectivity index (χ4n) is 0.932. The number of benzene rings is 1. The molecule has 0 heterocycles. The minimum Gasteiger partial charge on any atom is -0.300 e. The zero-order valence-electron chi connectivity index (χ0n) is 9.63. The summed E-state index contributed by atoms with van der Waals surface area (Å²) in [4.78, 5) is 9.81. The van der Waals surface area contributed by atoms with E-state index in [0.717, 1.165) is 6.42 Å². The van der Waals surface area contributed by atoms with Crippen molar-refractivity contribution in [2.24, 2.45) is 0 Å². The molecule has 0 spiro atoms. The van der Waals surface area contributed by atoms with E-state index in [0.29, 0.717) is 6.42 Å². The minimum atomic E-state index is 0.255. The highest BCUT2D eigenvalue weighted by Crippen LogP contribution is 2.03. The van der Waals surface area contributed by atoms with Gasteiger partial charge in [0.2, 0.25) is 0 Å². The Hall–Kier alpha value is -1.11. The number of hydrogen-bond donors (Lipinski definition) is 0. The smallest absolute Gasteiger partial charge is 0.129 e. The molecule has 0 bridgehead atoms. The van der Waals surface area contributed by atoms with Gasteiger partial charge in [0.25, 0.3) is 0 Å². The molecule has 0 aromatic heterocycles. The quantitative estimate of drug-likeness (QED) is 0.700. The van der Waals surface area contributed by atoms with Crippen molar-refractivity contribution in [2.45, 2.75) is 40.5 Å². The van der Waals surface area contributed by atoms with Crippen LogP contribution in [0, 0.1) is 6.92 Å². The van der Waals surface area contributed by atoms with Crippen molar-refractivity contribution in [2.75, 3.05) is 0 Å². The number of rotatable bonds is 2. The first-order chi connectivity index (χ1) is 6.60. The molecule has 1 rings (SSSR count). The lowest BCUT2D eigenvalue weighted by atomic mass is 10.1. The zero-order chi connectivity index (χ0) is 11.0. The van der Waals surface area contributed by atoms with Gasteiger partial charge in [0.1, 0.15) is 5.78 Å². The maximum absolute atomic E-state index is 9.81. The van der Waals surface area contributed by atoms with Gasteiger partial charge in [-0.25, -0.2) is 0 Å². The number of carbonyl (C=O) groups is 1. The second kappa shape index (κ2) is 7.31. The van der Waals surface area contributed by atoms with Crippen LogP contribution in [0.1, 0.15) is 38.3 Å². The molecular formula is C13H20O. The summed E-state index contributed by atoms with van der Waals surface area (Å²) >= 11 is 0. The van der Waals surface area contributed by atoms with E-state index in [1.807, 2.05) is 6.92 Å². The third-order valence-corrected chi connectivity index (χ3v) is 1.99. The van der Waals surface area contributed by atoms with Crippen LogP contribution in [0.3, 0.4) is 0 Å². The number of aryl methyl sites for hydroxylation is 2. The largest absolute Gasteiger partial charge is 0.300 e. The van der Waals surface area contributed by atoms with E-state index in [4.69, 9.17) is 0 Å². The molecule has 0 saturated heterocycles. The first kappa shape index (κ1) is 12.9. The monoisotopic (exact) mass is 192 g/mol. The van der Waals surface area contributed by atoms with Crippen LogP contribution < -0.4 is 0 Å². The van der Waals surface area contributed by atoms with Crippen LogP contribution >= 0.6 is 0 Å². The number of hydrogen-bond acceptors (Lipinski definition) is 1. The third-order valence-electron chi connectivity index (χ3n) is 1.99. The van der Waals surface area contributed by atoms with Crippen LogP contribution in [-0.2, 0) is 11.2 Å². The Labute approximate surface area is 87.2 Å². The van der Waals surface area contributed by atoms with E-state index in [1.54, 1.807) is 6.92 Å². The Morgan fingerprint density at radius 1 is 1.29 bits per heavy atom. The molecule has 0 unspecified atom stereocenters. The van der Waals surface area contributed by atoms with Gasteiger partial charge in [-0.2, -0.15) is 0 Å². The molecule has 1 nitrogen and oxygen atoms in total. The molecule has 0 aliphatic rings. The molecular weight excluding hydrogens is 172 g/mol. The second-order valence-electron chi connectivity index (χ2n) is 3.40. The average Bonchev–Trinajstić information content (AvgIpc) is 2.18. The molecule has 0 saturated carbocycles. The number of carbonyl (C=O) groups excluding carboxylic acids is 1. The fourth-order valence-corrected chi connectivity index (χ4v) is 0.932. The van der Waals surface area contributed by atoms with E-state index in [2.05, 4.69) is 38.1 Å². The highest BCUT2D eigenvalue weighted by Gasteiger charge is 1.85. The lowest BCUT2D eigenvalue weighted by Gasteiger charge is -1.95. The Morgan fingerprint density at radius 2 is 1.86 bits per heavy atom. The molecule has 0 amide bonds. The molecule has 0 N–H and O–H groups in total. The molecule has 78 valence electrons. The lowest BCUT2D eigenvalue weighted by molar-refractivity contribution is -0.116. The Morgan fingerprint density at radius 3 is 2.14 bits per heavy atom. The maximum Gasteiger partial charge on any atom is 0.129 e. The van der Waals surface area contributed by atoms with E-state index in [9.17, 15) is 4.79 Å². The summed E-state index contributed by atoms with van der Waals surface area (Å²) in [5.41, 5.74) is 2.78. The van der Waals surface area contributed by atoms with E-state index in [1.165, 1.54) is 11.1 Å². The van der Waals surface area contributed by atoms with Gasteiger partial charge in [-0.1, -0.05) is 43.7 Å². The SMILES string of the molecule is CCC(C)=O.CCc1cccc(C)c1. The number of ketones is 1. The van der Waals surface area contributed by atoms with Crippen LogP contribution in [0.4, 0.5) is 0 Å². The van der Waals surface area contributed by atoms with Gasteiger partial charge in [0.05, 0.1) is 0 Å². The first-order valence-corrected chi connectivity index (χ1v) is 5.15. The second-order valence-corrected chi connectivity index (χ2v) is 3.40. The molecule has 0 radical (unpaired) electrons. The van der Waals surface area contributed by atoms with Crippen molar-refractivity contribution in [1.29, 1.82) is 0 Å². The highest BCUT2D eigenvalue weighted by atomic mass is 16.1. The van der Waals surface area contributed by atoms with Crippen molar-refractivity contribution in [3.63, 3.8) is 0 Å². The van der Waals surface area contributed by atoms with Crippen LogP contribution in [0.2, 0.25) is 0 Å². The standard InChI is InChI=1S/C9H12.C4H8O/c1-3-9-6-4-5-8(2)7-9;1-3-4(2)5/h4-7H,3H2,1-2H3;3H2,1-2H3.